The fourth-order valence-corrected chi connectivity index (χ4v) is 7.79. The van der Waals surface area contributed by atoms with Crippen molar-refractivity contribution in [2.24, 2.45) is 23.2 Å². The molecule has 178 valence electrons. The number of aromatic nitrogens is 1. The van der Waals surface area contributed by atoms with Gasteiger partial charge >= 0.3 is 0 Å². The zero-order valence-corrected chi connectivity index (χ0v) is 20.5. The minimum Gasteiger partial charge on any atom is -0.436 e. The third kappa shape index (κ3) is 3.57. The highest BCUT2D eigenvalue weighted by molar-refractivity contribution is 7.89. The first kappa shape index (κ1) is 21.9. The van der Waals surface area contributed by atoms with E-state index in [4.69, 9.17) is 4.42 Å². The highest BCUT2D eigenvalue weighted by Gasteiger charge is 2.70. The molecule has 3 aliphatic carbocycles. The highest BCUT2D eigenvalue weighted by atomic mass is 32.2. The van der Waals surface area contributed by atoms with E-state index >= 15 is 0 Å². The summed E-state index contributed by atoms with van der Waals surface area (Å²) in [6.07, 6.45) is 7.99. The second-order valence-electron chi connectivity index (χ2n) is 10.5. The van der Waals surface area contributed by atoms with Crippen LogP contribution in [0.5, 0.6) is 0 Å². The molecular formula is C27H31N3O3S. The van der Waals surface area contributed by atoms with Gasteiger partial charge in [-0.25, -0.2) is 18.1 Å². The summed E-state index contributed by atoms with van der Waals surface area (Å²) in [5.74, 6) is 4.12. The van der Waals surface area contributed by atoms with Gasteiger partial charge < -0.3 is 9.32 Å². The predicted octanol–water partition coefficient (Wildman–Crippen LogP) is 5.18. The monoisotopic (exact) mass is 477 g/mol. The van der Waals surface area contributed by atoms with E-state index < -0.39 is 10.0 Å². The topological polar surface area (TPSA) is 75.4 Å². The predicted molar refractivity (Wildman–Crippen MR) is 133 cm³/mol. The Kier molecular flexibility index (Phi) is 5.12. The van der Waals surface area contributed by atoms with Gasteiger partial charge in [0.25, 0.3) is 0 Å². The number of hydrogen-bond acceptors (Lipinski definition) is 5. The second kappa shape index (κ2) is 7.95. The van der Waals surface area contributed by atoms with Crippen molar-refractivity contribution in [3.05, 3.63) is 54.7 Å². The van der Waals surface area contributed by atoms with Crippen molar-refractivity contribution < 1.29 is 12.8 Å². The molecule has 1 aromatic heterocycles. The molecule has 0 bridgehead atoms. The number of hydrogen-bond donors (Lipinski definition) is 1. The van der Waals surface area contributed by atoms with E-state index in [2.05, 4.69) is 9.71 Å². The molecule has 0 spiro atoms. The largest absolute Gasteiger partial charge is 0.436 e. The molecule has 3 saturated carbocycles. The Morgan fingerprint density at radius 2 is 1.71 bits per heavy atom. The smallest absolute Gasteiger partial charge is 0.240 e. The van der Waals surface area contributed by atoms with Gasteiger partial charge in [0.15, 0.2) is 5.76 Å². The third-order valence-corrected chi connectivity index (χ3v) is 9.87. The molecule has 3 aromatic rings. The molecular weight excluding hydrogens is 446 g/mol. The Bertz CT molecular complexity index is 1280. The molecule has 0 amide bonds. The Labute approximate surface area is 201 Å². The molecule has 1 N–H and O–H groups in total. The van der Waals surface area contributed by atoms with Gasteiger partial charge in [-0.1, -0.05) is 0 Å². The van der Waals surface area contributed by atoms with Crippen LogP contribution in [0.3, 0.4) is 0 Å². The summed E-state index contributed by atoms with van der Waals surface area (Å²) < 4.78 is 34.2. The van der Waals surface area contributed by atoms with E-state index in [0.717, 1.165) is 47.4 Å². The zero-order valence-electron chi connectivity index (χ0n) is 19.7. The van der Waals surface area contributed by atoms with E-state index in [1.165, 1.54) is 19.3 Å². The maximum atomic E-state index is 12.7. The standard InChI is InChI=1S/C27H31N3O3S/c1-30(2)22-8-4-18(5-9-22)24-17-28-26(33-24)19-6-10-23(11-7-19)34(31,32)29-13-3-12-27-15-20-14-21(16-27)25(20)27/h4-11,17,20-21,25,29H,3,12-16H2,1-2H3. The summed E-state index contributed by atoms with van der Waals surface area (Å²) in [5, 5.41) is 0. The lowest BCUT2D eigenvalue weighted by Crippen LogP contribution is -2.69. The van der Waals surface area contributed by atoms with Crippen LogP contribution >= 0.6 is 0 Å². The fraction of sp³-hybridized carbons (Fsp3) is 0.444. The minimum atomic E-state index is -3.52. The number of oxazole rings is 1. The van der Waals surface area contributed by atoms with Crippen molar-refractivity contribution in [3.63, 3.8) is 0 Å². The molecule has 6 rings (SSSR count). The molecule has 2 aromatic carbocycles. The maximum Gasteiger partial charge on any atom is 0.240 e. The number of sulfonamides is 1. The van der Waals surface area contributed by atoms with Gasteiger partial charge in [-0.2, -0.15) is 0 Å². The Morgan fingerprint density at radius 3 is 2.32 bits per heavy atom. The van der Waals surface area contributed by atoms with Crippen LogP contribution in [0.4, 0.5) is 5.69 Å². The lowest BCUT2D eigenvalue weighted by Gasteiger charge is -2.76. The average molecular weight is 478 g/mol. The van der Waals surface area contributed by atoms with Gasteiger partial charge in [-0.3, -0.25) is 0 Å². The summed E-state index contributed by atoms with van der Waals surface area (Å²) in [6, 6.07) is 14.8. The van der Waals surface area contributed by atoms with E-state index in [0.29, 0.717) is 23.6 Å². The number of nitrogens with one attached hydrogen (secondary N) is 1. The third-order valence-electron chi connectivity index (χ3n) is 8.39. The number of nitrogens with zero attached hydrogens (tertiary/aromatic N) is 2. The van der Waals surface area contributed by atoms with Gasteiger partial charge in [-0.05, 0) is 104 Å². The van der Waals surface area contributed by atoms with E-state index in [9.17, 15) is 8.42 Å². The molecule has 0 saturated heterocycles. The van der Waals surface area contributed by atoms with Crippen LogP contribution < -0.4 is 9.62 Å². The average Bonchev–Trinajstić information content (AvgIpc) is 3.32. The van der Waals surface area contributed by atoms with Gasteiger partial charge in [0.05, 0.1) is 11.1 Å². The molecule has 34 heavy (non-hydrogen) atoms. The lowest BCUT2D eigenvalue weighted by atomic mass is 9.28. The quantitative estimate of drug-likeness (QED) is 0.430. The number of rotatable bonds is 9. The molecule has 3 aliphatic rings. The molecule has 2 atom stereocenters. The molecule has 2 unspecified atom stereocenters. The maximum absolute atomic E-state index is 12.7. The SMILES string of the molecule is CN(C)c1ccc(-c2cnc(-c3ccc(S(=O)(=O)NCCCC45CC6CC(C4)C65)cc3)o2)cc1. The normalized spacial score (nSPS) is 26.7. The van der Waals surface area contributed by atoms with E-state index in [1.807, 2.05) is 43.3 Å². The first-order valence-electron chi connectivity index (χ1n) is 12.2. The number of anilines is 1. The summed E-state index contributed by atoms with van der Waals surface area (Å²) in [4.78, 5) is 6.70. The van der Waals surface area contributed by atoms with Crippen LogP contribution in [0.15, 0.2) is 64.0 Å². The Hall–Kier alpha value is -2.64. The first-order chi connectivity index (χ1) is 16.3. The summed E-state index contributed by atoms with van der Waals surface area (Å²) in [5.41, 5.74) is 3.37. The van der Waals surface area contributed by atoms with Crippen molar-refractivity contribution in [2.75, 3.05) is 25.5 Å². The molecule has 6 nitrogen and oxygen atoms in total. The van der Waals surface area contributed by atoms with Gasteiger partial charge in [0, 0.05) is 37.5 Å². The first-order valence-corrected chi connectivity index (χ1v) is 13.7. The second-order valence-corrected chi connectivity index (χ2v) is 12.3. The van der Waals surface area contributed by atoms with Crippen LogP contribution in [0.1, 0.15) is 32.1 Å². The van der Waals surface area contributed by atoms with Gasteiger partial charge in [0.2, 0.25) is 15.9 Å². The van der Waals surface area contributed by atoms with E-state index in [-0.39, 0.29) is 4.90 Å². The van der Waals surface area contributed by atoms with Crippen molar-refractivity contribution in [1.82, 2.24) is 9.71 Å². The van der Waals surface area contributed by atoms with Crippen LogP contribution in [-0.4, -0.2) is 34.0 Å². The Morgan fingerprint density at radius 1 is 1.03 bits per heavy atom. The van der Waals surface area contributed by atoms with Gasteiger partial charge in [0.1, 0.15) is 0 Å². The number of benzene rings is 2. The van der Waals surface area contributed by atoms with Crippen LogP contribution in [0.25, 0.3) is 22.8 Å². The van der Waals surface area contributed by atoms with Crippen LogP contribution in [0, 0.1) is 23.2 Å². The molecule has 1 heterocycles. The summed E-state index contributed by atoms with van der Waals surface area (Å²) >= 11 is 0. The van der Waals surface area contributed by atoms with Crippen molar-refractivity contribution in [1.29, 1.82) is 0 Å². The zero-order chi connectivity index (χ0) is 23.5. The molecule has 7 heteroatoms. The van der Waals surface area contributed by atoms with Crippen LogP contribution in [-0.2, 0) is 10.0 Å². The summed E-state index contributed by atoms with van der Waals surface area (Å²) in [7, 11) is 0.485. The molecule has 0 radical (unpaired) electrons. The Balaban J connectivity index is 1.06. The van der Waals surface area contributed by atoms with Gasteiger partial charge in [-0.15, -0.1) is 0 Å². The lowest BCUT2D eigenvalue weighted by molar-refractivity contribution is -0.273. The minimum absolute atomic E-state index is 0.270. The summed E-state index contributed by atoms with van der Waals surface area (Å²) in [6.45, 7) is 0.504. The highest BCUT2D eigenvalue weighted by Crippen LogP contribution is 2.78. The molecule has 0 aliphatic heterocycles. The molecule has 3 fully saturated rings. The van der Waals surface area contributed by atoms with Crippen molar-refractivity contribution in [2.45, 2.75) is 37.0 Å². The van der Waals surface area contributed by atoms with Crippen molar-refractivity contribution in [3.8, 4) is 22.8 Å². The van der Waals surface area contributed by atoms with E-state index in [1.54, 1.807) is 30.5 Å². The fourth-order valence-electron chi connectivity index (χ4n) is 6.71. The van der Waals surface area contributed by atoms with Crippen LogP contribution in [0.2, 0.25) is 0 Å². The van der Waals surface area contributed by atoms with Crippen molar-refractivity contribution >= 4 is 15.7 Å².